The molecule has 0 aromatic heterocycles. The van der Waals surface area contributed by atoms with Gasteiger partial charge in [0.25, 0.3) is 0 Å². The highest BCUT2D eigenvalue weighted by Crippen LogP contribution is 2.22. The van der Waals surface area contributed by atoms with Gasteiger partial charge >= 0.3 is 11.9 Å². The second-order valence-corrected chi connectivity index (χ2v) is 11.6. The van der Waals surface area contributed by atoms with E-state index in [9.17, 15) is 24.9 Å². The van der Waals surface area contributed by atoms with Gasteiger partial charge in [-0.25, -0.2) is 4.79 Å². The summed E-state index contributed by atoms with van der Waals surface area (Å²) >= 11 is 0. The molecule has 0 saturated heterocycles. The number of aliphatic hydroxyl groups is 3. The highest BCUT2D eigenvalue weighted by molar-refractivity contribution is 5.82. The number of hydrogen-bond acceptors (Lipinski definition) is 7. The van der Waals surface area contributed by atoms with Gasteiger partial charge < -0.3 is 24.8 Å². The number of carbonyl (C=O) groups excluding carboxylic acids is 2. The second kappa shape index (κ2) is 19.4. The van der Waals surface area contributed by atoms with Crippen molar-refractivity contribution >= 4 is 11.9 Å². The molecule has 0 aliphatic carbocycles. The number of cyclic esters (lactones) is 1. The Kier molecular flexibility index (Phi) is 17.2. The van der Waals surface area contributed by atoms with E-state index in [1.165, 1.54) is 6.08 Å². The van der Waals surface area contributed by atoms with Crippen molar-refractivity contribution < 1.29 is 34.4 Å². The average molecular weight is 573 g/mol. The third kappa shape index (κ3) is 16.3. The van der Waals surface area contributed by atoms with Crippen LogP contribution in [0.15, 0.2) is 71.4 Å². The molecule has 1 aliphatic rings. The van der Waals surface area contributed by atoms with Gasteiger partial charge in [0, 0.05) is 25.3 Å². The number of esters is 2. The van der Waals surface area contributed by atoms with E-state index >= 15 is 0 Å². The zero-order valence-corrected chi connectivity index (χ0v) is 26.0. The van der Waals surface area contributed by atoms with Crippen LogP contribution in [-0.4, -0.2) is 57.8 Å². The molecule has 7 nitrogen and oxygen atoms in total. The predicted octanol–water partition coefficient (Wildman–Crippen LogP) is 6.07. The van der Waals surface area contributed by atoms with E-state index in [0.29, 0.717) is 25.7 Å². The Hall–Kier alpha value is -2.74. The number of carbonyl (C=O) groups is 2. The van der Waals surface area contributed by atoms with Gasteiger partial charge in [-0.2, -0.15) is 0 Å². The fourth-order valence-corrected chi connectivity index (χ4v) is 4.40. The SMILES string of the molecule is CC(=C\C=C\C(C)=C\[C@H](O)[C@H](O)C[C@H](C)O)/C=C(C)/C=C/C(=O)O[C@H]1CCCC(=O)O[C@@H](C(C)C)C/C=C/C[C@@H]1C. The zero-order valence-electron chi connectivity index (χ0n) is 26.0. The minimum Gasteiger partial charge on any atom is -0.462 e. The highest BCUT2D eigenvalue weighted by Gasteiger charge is 2.23. The van der Waals surface area contributed by atoms with E-state index in [1.54, 1.807) is 19.1 Å². The van der Waals surface area contributed by atoms with E-state index in [4.69, 9.17) is 9.47 Å². The molecule has 0 amide bonds. The summed E-state index contributed by atoms with van der Waals surface area (Å²) in [5.41, 5.74) is 2.62. The van der Waals surface area contributed by atoms with Crippen molar-refractivity contribution in [2.75, 3.05) is 0 Å². The number of hydrogen-bond donors (Lipinski definition) is 3. The maximum absolute atomic E-state index is 12.6. The first-order valence-corrected chi connectivity index (χ1v) is 14.8. The lowest BCUT2D eigenvalue weighted by Crippen LogP contribution is -2.27. The highest BCUT2D eigenvalue weighted by atomic mass is 16.5. The molecule has 0 radical (unpaired) electrons. The lowest BCUT2D eigenvalue weighted by molar-refractivity contribution is -0.151. The Labute approximate surface area is 247 Å². The predicted molar refractivity (Wildman–Crippen MR) is 164 cm³/mol. The fraction of sp³-hybridized carbons (Fsp3) is 0.588. The molecule has 41 heavy (non-hydrogen) atoms. The molecule has 1 heterocycles. The molecule has 0 fully saturated rings. The minimum atomic E-state index is -1.05. The van der Waals surface area contributed by atoms with Crippen molar-refractivity contribution in [3.63, 3.8) is 0 Å². The van der Waals surface area contributed by atoms with E-state index < -0.39 is 24.3 Å². The zero-order chi connectivity index (χ0) is 30.9. The normalized spacial score (nSPS) is 25.4. The van der Waals surface area contributed by atoms with Gasteiger partial charge in [-0.3, -0.25) is 4.79 Å². The van der Waals surface area contributed by atoms with Crippen LogP contribution in [0.2, 0.25) is 0 Å². The lowest BCUT2D eigenvalue weighted by atomic mass is 9.94. The van der Waals surface area contributed by atoms with E-state index in [1.807, 2.05) is 45.1 Å². The topological polar surface area (TPSA) is 113 Å². The monoisotopic (exact) mass is 572 g/mol. The maximum Gasteiger partial charge on any atom is 0.331 e. The van der Waals surface area contributed by atoms with Gasteiger partial charge in [0.2, 0.25) is 0 Å². The lowest BCUT2D eigenvalue weighted by Gasteiger charge is -2.24. The molecular weight excluding hydrogens is 520 g/mol. The summed E-state index contributed by atoms with van der Waals surface area (Å²) < 4.78 is 11.4. The van der Waals surface area contributed by atoms with Crippen LogP contribution in [0.25, 0.3) is 0 Å². The average Bonchev–Trinajstić information content (AvgIpc) is 2.87. The summed E-state index contributed by atoms with van der Waals surface area (Å²) in [7, 11) is 0. The van der Waals surface area contributed by atoms with Gasteiger partial charge in [0.05, 0.1) is 18.3 Å². The van der Waals surface area contributed by atoms with Crippen LogP contribution in [0.1, 0.15) is 87.0 Å². The third-order valence-electron chi connectivity index (χ3n) is 6.91. The summed E-state index contributed by atoms with van der Waals surface area (Å²) in [6.45, 7) is 13.4. The Balaban J connectivity index is 2.73. The second-order valence-electron chi connectivity index (χ2n) is 11.6. The van der Waals surface area contributed by atoms with Gasteiger partial charge in [-0.15, -0.1) is 0 Å². The summed E-state index contributed by atoms with van der Waals surface area (Å²) in [6, 6.07) is 0. The van der Waals surface area contributed by atoms with Crippen LogP contribution >= 0.6 is 0 Å². The number of aliphatic hydroxyl groups excluding tert-OH is 3. The number of allylic oxidation sites excluding steroid dienone is 9. The molecule has 1 rings (SSSR count). The van der Waals surface area contributed by atoms with E-state index in [-0.39, 0.29) is 36.4 Å². The van der Waals surface area contributed by atoms with Crippen LogP contribution in [0.5, 0.6) is 0 Å². The Morgan fingerprint density at radius 2 is 1.71 bits per heavy atom. The van der Waals surface area contributed by atoms with Gasteiger partial charge in [-0.05, 0) is 58.8 Å². The molecule has 0 saturated carbocycles. The summed E-state index contributed by atoms with van der Waals surface area (Å²) in [6.07, 6.45) is 16.3. The van der Waals surface area contributed by atoms with Crippen LogP contribution in [0.3, 0.4) is 0 Å². The number of ether oxygens (including phenoxy) is 2. The van der Waals surface area contributed by atoms with Gasteiger partial charge in [0.1, 0.15) is 12.2 Å². The molecule has 1 aliphatic heterocycles. The molecule has 0 spiro atoms. The summed E-state index contributed by atoms with van der Waals surface area (Å²) in [5.74, 6) is -0.228. The van der Waals surface area contributed by atoms with Crippen molar-refractivity contribution in [3.8, 4) is 0 Å². The van der Waals surface area contributed by atoms with Crippen molar-refractivity contribution in [1.29, 1.82) is 0 Å². The first-order valence-electron chi connectivity index (χ1n) is 14.8. The van der Waals surface area contributed by atoms with Crippen LogP contribution in [0, 0.1) is 11.8 Å². The number of rotatable bonds is 11. The Morgan fingerprint density at radius 3 is 2.37 bits per heavy atom. The van der Waals surface area contributed by atoms with E-state index in [2.05, 4.69) is 32.9 Å². The molecule has 0 aromatic carbocycles. The molecule has 7 heteroatoms. The van der Waals surface area contributed by atoms with Crippen LogP contribution in [0.4, 0.5) is 0 Å². The first-order chi connectivity index (χ1) is 19.3. The standard InChI is InChI=1S/C34H52O7/c1-23(2)31-15-9-8-14-27(6)32(16-11-17-33(38)40-31)41-34(39)19-18-26(5)20-24(3)12-10-13-25(4)21-29(36)30(37)22-28(7)35/h8-10,12-13,18-21,23,27-32,35-37H,11,14-17,22H2,1-7H3/b9-8+,13-10+,19-18+,24-12+,25-21+,26-20+/t27-,28-,29-,30+,31+,32-/m0/s1. The van der Waals surface area contributed by atoms with Gasteiger partial charge in [-0.1, -0.05) is 86.1 Å². The minimum absolute atomic E-state index is 0.102. The Morgan fingerprint density at radius 1 is 1.02 bits per heavy atom. The first kappa shape index (κ1) is 36.3. The molecule has 0 aromatic rings. The molecule has 6 atom stereocenters. The Bertz CT molecular complexity index is 997. The molecule has 0 unspecified atom stereocenters. The van der Waals surface area contributed by atoms with Crippen LogP contribution in [-0.2, 0) is 19.1 Å². The fourth-order valence-electron chi connectivity index (χ4n) is 4.40. The third-order valence-corrected chi connectivity index (χ3v) is 6.91. The van der Waals surface area contributed by atoms with Crippen molar-refractivity contribution in [2.45, 2.75) is 118 Å². The summed E-state index contributed by atoms with van der Waals surface area (Å²) in [5, 5.41) is 29.3. The quantitative estimate of drug-likeness (QED) is 0.119. The summed E-state index contributed by atoms with van der Waals surface area (Å²) in [4.78, 5) is 24.9. The maximum atomic E-state index is 12.6. The van der Waals surface area contributed by atoms with Gasteiger partial charge in [0.15, 0.2) is 0 Å². The molecular formula is C34H52O7. The van der Waals surface area contributed by atoms with Crippen LogP contribution < -0.4 is 0 Å². The smallest absolute Gasteiger partial charge is 0.331 e. The van der Waals surface area contributed by atoms with Crippen molar-refractivity contribution in [1.82, 2.24) is 0 Å². The largest absolute Gasteiger partial charge is 0.462 e. The molecule has 0 bridgehead atoms. The van der Waals surface area contributed by atoms with Crippen molar-refractivity contribution in [2.24, 2.45) is 11.8 Å². The molecule has 230 valence electrons. The van der Waals surface area contributed by atoms with Crippen molar-refractivity contribution in [3.05, 3.63) is 71.4 Å². The molecule has 3 N–H and O–H groups in total. The van der Waals surface area contributed by atoms with E-state index in [0.717, 1.165) is 23.1 Å².